The van der Waals surface area contributed by atoms with E-state index in [0.29, 0.717) is 12.0 Å². The van der Waals surface area contributed by atoms with Crippen molar-refractivity contribution >= 4 is 0 Å². The van der Waals surface area contributed by atoms with Crippen molar-refractivity contribution < 1.29 is 9.47 Å². The summed E-state index contributed by atoms with van der Waals surface area (Å²) < 4.78 is 11.0. The summed E-state index contributed by atoms with van der Waals surface area (Å²) in [6.45, 7) is 6.34. The van der Waals surface area contributed by atoms with Crippen LogP contribution in [0.5, 0.6) is 0 Å². The quantitative estimate of drug-likeness (QED) is 0.582. The first-order valence-electron chi connectivity index (χ1n) is 4.30. The number of hydrogen-bond donors (Lipinski definition) is 0. The van der Waals surface area contributed by atoms with E-state index in [1.807, 2.05) is 6.92 Å². The van der Waals surface area contributed by atoms with Crippen LogP contribution in [0.1, 0.15) is 33.6 Å². The summed E-state index contributed by atoms with van der Waals surface area (Å²) in [5.74, 6) is 0.338. The lowest BCUT2D eigenvalue weighted by Crippen LogP contribution is -2.42. The van der Waals surface area contributed by atoms with Gasteiger partial charge >= 0.3 is 0 Å². The van der Waals surface area contributed by atoms with Crippen LogP contribution in [0.2, 0.25) is 0 Å². The molecule has 11 heavy (non-hydrogen) atoms. The van der Waals surface area contributed by atoms with Crippen molar-refractivity contribution in [3.8, 4) is 0 Å². The lowest BCUT2D eigenvalue weighted by Gasteiger charge is -2.39. The molecule has 1 rings (SSSR count). The minimum absolute atomic E-state index is 0.327. The van der Waals surface area contributed by atoms with Crippen LogP contribution >= 0.6 is 0 Å². The molecular weight excluding hydrogens is 140 g/mol. The highest BCUT2D eigenvalue weighted by molar-refractivity contribution is 4.76. The predicted octanol–water partition coefficient (Wildman–Crippen LogP) is 2.18. The van der Waals surface area contributed by atoms with Gasteiger partial charge < -0.3 is 9.47 Å². The third-order valence-electron chi connectivity index (χ3n) is 2.72. The van der Waals surface area contributed by atoms with E-state index in [9.17, 15) is 0 Å². The third kappa shape index (κ3) is 1.94. The highest BCUT2D eigenvalue weighted by Crippen LogP contribution is 2.32. The van der Waals surface area contributed by atoms with E-state index < -0.39 is 0 Å². The molecule has 0 aromatic heterocycles. The largest absolute Gasteiger partial charge is 0.353 e. The second kappa shape index (κ2) is 3.11. The summed E-state index contributed by atoms with van der Waals surface area (Å²) in [5, 5.41) is 0. The Morgan fingerprint density at radius 3 is 2.55 bits per heavy atom. The molecule has 2 heteroatoms. The Labute approximate surface area is 68.9 Å². The van der Waals surface area contributed by atoms with E-state index in [4.69, 9.17) is 9.47 Å². The van der Waals surface area contributed by atoms with Gasteiger partial charge in [0.25, 0.3) is 0 Å². The topological polar surface area (TPSA) is 18.5 Å². The number of ether oxygens (including phenoxy) is 2. The summed E-state index contributed by atoms with van der Waals surface area (Å²) in [6, 6.07) is 0. The van der Waals surface area contributed by atoms with Crippen LogP contribution in [0.25, 0.3) is 0 Å². The summed E-state index contributed by atoms with van der Waals surface area (Å²) in [6.07, 6.45) is 2.54. The van der Waals surface area contributed by atoms with Crippen LogP contribution in [0, 0.1) is 5.92 Å². The third-order valence-corrected chi connectivity index (χ3v) is 2.72. The molecule has 0 bridgehead atoms. The number of rotatable bonds is 1. The van der Waals surface area contributed by atoms with Crippen LogP contribution in [-0.4, -0.2) is 19.0 Å². The standard InChI is InChI=1S/C9H18O2/c1-7-5-6-9(3,10-4)11-8(7)2/h7-8H,5-6H2,1-4H3. The smallest absolute Gasteiger partial charge is 0.165 e. The van der Waals surface area contributed by atoms with Gasteiger partial charge in [0.15, 0.2) is 5.79 Å². The molecule has 2 nitrogen and oxygen atoms in total. The fourth-order valence-corrected chi connectivity index (χ4v) is 1.44. The highest BCUT2D eigenvalue weighted by Gasteiger charge is 2.34. The lowest BCUT2D eigenvalue weighted by molar-refractivity contribution is -0.264. The maximum absolute atomic E-state index is 5.71. The molecule has 3 unspecified atom stereocenters. The van der Waals surface area contributed by atoms with Crippen molar-refractivity contribution in [1.82, 2.24) is 0 Å². The summed E-state index contributed by atoms with van der Waals surface area (Å²) in [4.78, 5) is 0. The molecular formula is C9H18O2. The summed E-state index contributed by atoms with van der Waals surface area (Å²) in [7, 11) is 1.71. The van der Waals surface area contributed by atoms with Crippen molar-refractivity contribution in [1.29, 1.82) is 0 Å². The molecule has 0 radical (unpaired) electrons. The van der Waals surface area contributed by atoms with Gasteiger partial charge in [-0.3, -0.25) is 0 Å². The zero-order valence-corrected chi connectivity index (χ0v) is 7.89. The van der Waals surface area contributed by atoms with E-state index >= 15 is 0 Å². The maximum atomic E-state index is 5.71. The molecule has 1 fully saturated rings. The van der Waals surface area contributed by atoms with Crippen molar-refractivity contribution in [2.75, 3.05) is 7.11 Å². The van der Waals surface area contributed by atoms with Gasteiger partial charge in [0, 0.05) is 13.5 Å². The Balaban J connectivity index is 2.51. The van der Waals surface area contributed by atoms with Gasteiger partial charge in [0.2, 0.25) is 0 Å². The molecule has 0 N–H and O–H groups in total. The Morgan fingerprint density at radius 2 is 2.09 bits per heavy atom. The highest BCUT2D eigenvalue weighted by atomic mass is 16.7. The maximum Gasteiger partial charge on any atom is 0.165 e. The summed E-state index contributed by atoms with van der Waals surface area (Å²) in [5.41, 5.74) is 0. The van der Waals surface area contributed by atoms with E-state index in [2.05, 4.69) is 13.8 Å². The zero-order chi connectivity index (χ0) is 8.48. The van der Waals surface area contributed by atoms with Gasteiger partial charge in [-0.2, -0.15) is 0 Å². The molecule has 3 atom stereocenters. The van der Waals surface area contributed by atoms with Crippen LogP contribution in [0.15, 0.2) is 0 Å². The molecule has 1 aliphatic rings. The van der Waals surface area contributed by atoms with Gasteiger partial charge in [0.1, 0.15) is 0 Å². The van der Waals surface area contributed by atoms with Crippen LogP contribution in [0.4, 0.5) is 0 Å². The first-order chi connectivity index (χ1) is 5.07. The molecule has 0 saturated carbocycles. The van der Waals surface area contributed by atoms with E-state index in [1.165, 1.54) is 6.42 Å². The Hall–Kier alpha value is -0.0800. The van der Waals surface area contributed by atoms with Crippen molar-refractivity contribution in [3.63, 3.8) is 0 Å². The van der Waals surface area contributed by atoms with Crippen molar-refractivity contribution in [2.24, 2.45) is 5.92 Å². The number of methoxy groups -OCH3 is 1. The van der Waals surface area contributed by atoms with Crippen LogP contribution < -0.4 is 0 Å². The van der Waals surface area contributed by atoms with Gasteiger partial charge in [-0.05, 0) is 26.2 Å². The molecule has 0 aliphatic carbocycles. The monoisotopic (exact) mass is 158 g/mol. The predicted molar refractivity (Wildman–Crippen MR) is 44.4 cm³/mol. The second-order valence-corrected chi connectivity index (χ2v) is 3.68. The zero-order valence-electron chi connectivity index (χ0n) is 7.89. The Bertz CT molecular complexity index is 136. The molecule has 1 aliphatic heterocycles. The average molecular weight is 158 g/mol. The second-order valence-electron chi connectivity index (χ2n) is 3.68. The Kier molecular flexibility index (Phi) is 2.55. The van der Waals surface area contributed by atoms with Crippen molar-refractivity contribution in [3.05, 3.63) is 0 Å². The van der Waals surface area contributed by atoms with Gasteiger partial charge in [0.05, 0.1) is 6.10 Å². The minimum atomic E-state index is -0.327. The molecule has 1 saturated heterocycles. The molecule has 0 aromatic rings. The average Bonchev–Trinajstić information content (AvgIpc) is 1.98. The summed E-state index contributed by atoms with van der Waals surface area (Å²) >= 11 is 0. The van der Waals surface area contributed by atoms with Crippen LogP contribution in [-0.2, 0) is 9.47 Å². The number of hydrogen-bond acceptors (Lipinski definition) is 2. The van der Waals surface area contributed by atoms with Crippen molar-refractivity contribution in [2.45, 2.75) is 45.5 Å². The van der Waals surface area contributed by atoms with E-state index in [0.717, 1.165) is 6.42 Å². The first-order valence-corrected chi connectivity index (χ1v) is 4.30. The van der Waals surface area contributed by atoms with Crippen LogP contribution in [0.3, 0.4) is 0 Å². The Morgan fingerprint density at radius 1 is 1.45 bits per heavy atom. The van der Waals surface area contributed by atoms with Gasteiger partial charge in [-0.1, -0.05) is 6.92 Å². The first kappa shape index (κ1) is 9.01. The molecule has 1 heterocycles. The fourth-order valence-electron chi connectivity index (χ4n) is 1.44. The van der Waals surface area contributed by atoms with E-state index in [1.54, 1.807) is 7.11 Å². The normalized spacial score (nSPS) is 45.8. The van der Waals surface area contributed by atoms with Gasteiger partial charge in [-0.15, -0.1) is 0 Å². The van der Waals surface area contributed by atoms with E-state index in [-0.39, 0.29) is 5.79 Å². The molecule has 66 valence electrons. The molecule has 0 amide bonds. The molecule has 0 spiro atoms. The lowest BCUT2D eigenvalue weighted by atomic mass is 9.93. The minimum Gasteiger partial charge on any atom is -0.353 e. The molecule has 0 aromatic carbocycles. The van der Waals surface area contributed by atoms with Gasteiger partial charge in [-0.25, -0.2) is 0 Å². The fraction of sp³-hybridized carbons (Fsp3) is 1.00. The SMILES string of the molecule is COC1(C)CCC(C)C(C)O1.